The van der Waals surface area contributed by atoms with Gasteiger partial charge in [-0.1, -0.05) is 55.0 Å². The third-order valence-corrected chi connectivity index (χ3v) is 6.20. The molecule has 3 aromatic carbocycles. The normalized spacial score (nSPS) is 13.8. The van der Waals surface area contributed by atoms with E-state index in [4.69, 9.17) is 0 Å². The van der Waals surface area contributed by atoms with Crippen LogP contribution in [0.1, 0.15) is 40.3 Å². The minimum absolute atomic E-state index is 0.306. The maximum Gasteiger partial charge on any atom is 0.282 e. The van der Waals surface area contributed by atoms with Crippen LogP contribution in [0.4, 0.5) is 11.4 Å². The molecule has 0 spiro atoms. The molecule has 0 unspecified atom stereocenters. The lowest BCUT2D eigenvalue weighted by molar-refractivity contribution is -0.120. The molecule has 0 aliphatic carbocycles. The molecule has 1 aliphatic rings. The van der Waals surface area contributed by atoms with Gasteiger partial charge in [-0.3, -0.25) is 9.59 Å². The molecular weight excluding hydrogens is 396 g/mol. The molecule has 1 N–H and O–H groups in total. The van der Waals surface area contributed by atoms with Crippen LogP contribution < -0.4 is 10.2 Å². The van der Waals surface area contributed by atoms with E-state index in [-0.39, 0.29) is 11.8 Å². The summed E-state index contributed by atoms with van der Waals surface area (Å²) in [5, 5.41) is 3.31. The second kappa shape index (κ2) is 8.46. The molecular formula is C28H28N2O2. The van der Waals surface area contributed by atoms with Crippen molar-refractivity contribution < 1.29 is 9.59 Å². The van der Waals surface area contributed by atoms with Crippen molar-refractivity contribution in [1.29, 1.82) is 0 Å². The van der Waals surface area contributed by atoms with Gasteiger partial charge >= 0.3 is 0 Å². The first-order chi connectivity index (χ1) is 15.3. The van der Waals surface area contributed by atoms with Crippen LogP contribution in [-0.2, 0) is 16.0 Å². The van der Waals surface area contributed by atoms with E-state index in [0.717, 1.165) is 45.5 Å². The van der Waals surface area contributed by atoms with Gasteiger partial charge in [0.15, 0.2) is 0 Å². The van der Waals surface area contributed by atoms with Crippen LogP contribution in [0.15, 0.2) is 66.4 Å². The Morgan fingerprint density at radius 1 is 0.812 bits per heavy atom. The molecule has 4 heteroatoms. The maximum atomic E-state index is 13.7. The molecule has 32 heavy (non-hydrogen) atoms. The predicted octanol–water partition coefficient (Wildman–Crippen LogP) is 5.88. The van der Waals surface area contributed by atoms with Crippen molar-refractivity contribution in [2.45, 2.75) is 41.0 Å². The van der Waals surface area contributed by atoms with Crippen molar-refractivity contribution >= 4 is 28.8 Å². The van der Waals surface area contributed by atoms with E-state index in [9.17, 15) is 9.59 Å². The van der Waals surface area contributed by atoms with Crippen molar-refractivity contribution in [3.63, 3.8) is 0 Å². The summed E-state index contributed by atoms with van der Waals surface area (Å²) in [5.41, 5.74) is 8.30. The van der Waals surface area contributed by atoms with Crippen LogP contribution in [0, 0.1) is 27.7 Å². The van der Waals surface area contributed by atoms with Gasteiger partial charge in [-0.05, 0) is 80.1 Å². The molecule has 0 saturated heterocycles. The molecule has 1 aliphatic heterocycles. The molecule has 1 heterocycles. The zero-order valence-corrected chi connectivity index (χ0v) is 19.2. The Morgan fingerprint density at radius 3 is 2.19 bits per heavy atom. The summed E-state index contributed by atoms with van der Waals surface area (Å²) < 4.78 is 0. The summed E-state index contributed by atoms with van der Waals surface area (Å²) in [6.07, 6.45) is 0.897. The second-order valence-corrected chi connectivity index (χ2v) is 8.41. The number of carbonyl (C=O) groups excluding carboxylic acids is 2. The van der Waals surface area contributed by atoms with Gasteiger partial charge in [-0.25, -0.2) is 4.90 Å². The highest BCUT2D eigenvalue weighted by Gasteiger charge is 2.40. The van der Waals surface area contributed by atoms with E-state index in [2.05, 4.69) is 12.2 Å². The van der Waals surface area contributed by atoms with Crippen LogP contribution in [-0.4, -0.2) is 11.8 Å². The zero-order chi connectivity index (χ0) is 23.0. The van der Waals surface area contributed by atoms with Crippen LogP contribution in [0.5, 0.6) is 0 Å². The Balaban J connectivity index is 1.86. The zero-order valence-electron chi connectivity index (χ0n) is 19.2. The fourth-order valence-electron chi connectivity index (χ4n) is 4.13. The first kappa shape index (κ1) is 21.6. The molecule has 0 radical (unpaired) electrons. The lowest BCUT2D eigenvalue weighted by atomic mass is 9.97. The summed E-state index contributed by atoms with van der Waals surface area (Å²) in [4.78, 5) is 28.6. The third kappa shape index (κ3) is 3.73. The van der Waals surface area contributed by atoms with Gasteiger partial charge in [-0.2, -0.15) is 0 Å². The van der Waals surface area contributed by atoms with E-state index < -0.39 is 0 Å². The summed E-state index contributed by atoms with van der Waals surface area (Å²) in [5.74, 6) is -0.644. The highest BCUT2D eigenvalue weighted by molar-refractivity contribution is 6.46. The average Bonchev–Trinajstić information content (AvgIpc) is 3.01. The van der Waals surface area contributed by atoms with Crippen molar-refractivity contribution in [2.75, 3.05) is 10.2 Å². The summed E-state index contributed by atoms with van der Waals surface area (Å²) in [6, 6.07) is 19.5. The number of aryl methyl sites for hydroxylation is 4. The molecule has 0 atom stereocenters. The number of hydrogen-bond acceptors (Lipinski definition) is 3. The van der Waals surface area contributed by atoms with Gasteiger partial charge in [0.1, 0.15) is 5.70 Å². The molecule has 4 rings (SSSR count). The molecule has 0 bridgehead atoms. The van der Waals surface area contributed by atoms with Gasteiger partial charge in [0.25, 0.3) is 11.8 Å². The van der Waals surface area contributed by atoms with Gasteiger partial charge in [0.05, 0.1) is 11.3 Å². The van der Waals surface area contributed by atoms with E-state index in [1.165, 1.54) is 4.90 Å². The molecule has 162 valence electrons. The Labute approximate surface area is 189 Å². The minimum Gasteiger partial charge on any atom is -0.350 e. The molecule has 4 nitrogen and oxygen atoms in total. The monoisotopic (exact) mass is 424 g/mol. The lowest BCUT2D eigenvalue weighted by Gasteiger charge is -2.16. The van der Waals surface area contributed by atoms with Gasteiger partial charge in [0.2, 0.25) is 0 Å². The number of carbonyl (C=O) groups is 2. The van der Waals surface area contributed by atoms with Crippen molar-refractivity contribution in [3.8, 4) is 0 Å². The highest BCUT2D eigenvalue weighted by atomic mass is 16.2. The number of amides is 2. The van der Waals surface area contributed by atoms with Crippen molar-refractivity contribution in [3.05, 3.63) is 99.7 Å². The number of rotatable bonds is 5. The molecule has 3 aromatic rings. The maximum absolute atomic E-state index is 13.7. The smallest absolute Gasteiger partial charge is 0.282 e. The third-order valence-electron chi connectivity index (χ3n) is 6.20. The Bertz CT molecular complexity index is 1250. The number of anilines is 2. The fraction of sp³-hybridized carbons (Fsp3) is 0.214. The van der Waals surface area contributed by atoms with E-state index in [1.54, 1.807) is 0 Å². The SMILES string of the molecule is CCc1ccc(N2C(=O)C(Nc3cccc(C)c3C)=C(c3ccc(C)cc3C)C2=O)cc1. The summed E-state index contributed by atoms with van der Waals surface area (Å²) in [7, 11) is 0. The van der Waals surface area contributed by atoms with Crippen molar-refractivity contribution in [2.24, 2.45) is 0 Å². The average molecular weight is 425 g/mol. The molecule has 0 fully saturated rings. The van der Waals surface area contributed by atoms with Crippen molar-refractivity contribution in [1.82, 2.24) is 0 Å². The minimum atomic E-state index is -0.338. The number of nitrogens with zero attached hydrogens (tertiary/aromatic N) is 1. The summed E-state index contributed by atoms with van der Waals surface area (Å²) in [6.45, 7) is 10.1. The Morgan fingerprint density at radius 2 is 1.53 bits per heavy atom. The lowest BCUT2D eigenvalue weighted by Crippen LogP contribution is -2.32. The van der Waals surface area contributed by atoms with E-state index >= 15 is 0 Å². The standard InChI is InChI=1S/C28H28N2O2/c1-6-21-11-13-22(14-12-21)30-27(31)25(23-15-10-17(2)16-19(23)4)26(28(30)32)29-24-9-7-8-18(3)20(24)5/h7-16,29H,6H2,1-5H3. The molecule has 0 aromatic heterocycles. The Hall–Kier alpha value is -3.66. The van der Waals surface area contributed by atoms with Gasteiger partial charge in [-0.15, -0.1) is 0 Å². The first-order valence-corrected chi connectivity index (χ1v) is 10.9. The van der Waals surface area contributed by atoms with E-state index in [0.29, 0.717) is 17.0 Å². The van der Waals surface area contributed by atoms with Crippen LogP contribution >= 0.6 is 0 Å². The number of hydrogen-bond donors (Lipinski definition) is 1. The largest absolute Gasteiger partial charge is 0.350 e. The number of benzene rings is 3. The predicted molar refractivity (Wildman–Crippen MR) is 131 cm³/mol. The second-order valence-electron chi connectivity index (χ2n) is 8.41. The van der Waals surface area contributed by atoms with Crippen LogP contribution in [0.2, 0.25) is 0 Å². The highest BCUT2D eigenvalue weighted by Crippen LogP contribution is 2.36. The fourth-order valence-corrected chi connectivity index (χ4v) is 4.13. The molecule has 0 saturated carbocycles. The Kier molecular flexibility index (Phi) is 5.70. The number of imide groups is 1. The van der Waals surface area contributed by atoms with Gasteiger partial charge < -0.3 is 5.32 Å². The summed E-state index contributed by atoms with van der Waals surface area (Å²) >= 11 is 0. The number of nitrogens with one attached hydrogen (secondary N) is 1. The van der Waals surface area contributed by atoms with Gasteiger partial charge in [0, 0.05) is 5.69 Å². The topological polar surface area (TPSA) is 49.4 Å². The molecule has 2 amide bonds. The van der Waals surface area contributed by atoms with Crippen LogP contribution in [0.3, 0.4) is 0 Å². The van der Waals surface area contributed by atoms with E-state index in [1.807, 2.05) is 88.4 Å². The first-order valence-electron chi connectivity index (χ1n) is 10.9. The quantitative estimate of drug-likeness (QED) is 0.521. The van der Waals surface area contributed by atoms with Crippen LogP contribution in [0.25, 0.3) is 5.57 Å².